The van der Waals surface area contributed by atoms with Gasteiger partial charge in [-0.05, 0) is 55.2 Å². The summed E-state index contributed by atoms with van der Waals surface area (Å²) in [6.07, 6.45) is 5.75. The van der Waals surface area contributed by atoms with Gasteiger partial charge in [-0.3, -0.25) is 4.79 Å². The van der Waals surface area contributed by atoms with Gasteiger partial charge in [0.25, 0.3) is 0 Å². The van der Waals surface area contributed by atoms with Crippen LogP contribution in [-0.2, 0) is 11.2 Å². The number of carbonyl (C=O) groups is 1. The first kappa shape index (κ1) is 15.9. The Morgan fingerprint density at radius 3 is 2.83 bits per heavy atom. The van der Waals surface area contributed by atoms with Crippen LogP contribution in [0.5, 0.6) is 5.75 Å². The minimum Gasteiger partial charge on any atom is -0.497 e. The fourth-order valence-corrected chi connectivity index (χ4v) is 5.33. The van der Waals surface area contributed by atoms with E-state index >= 15 is 0 Å². The molecule has 4 nitrogen and oxygen atoms in total. The molecule has 4 heteroatoms. The van der Waals surface area contributed by atoms with Gasteiger partial charge in [0, 0.05) is 26.2 Å². The molecule has 1 aliphatic heterocycles. The molecule has 3 aliphatic rings. The largest absolute Gasteiger partial charge is 0.497 e. The molecule has 0 spiro atoms. The highest BCUT2D eigenvalue weighted by Gasteiger charge is 2.56. The number of ether oxygens (including phenoxy) is 1. The number of hydrogen-bond donors (Lipinski definition) is 1. The summed E-state index contributed by atoms with van der Waals surface area (Å²) in [5.74, 6) is 2.63. The second-order valence-corrected chi connectivity index (χ2v) is 7.81. The molecule has 3 unspecified atom stereocenters. The van der Waals surface area contributed by atoms with E-state index in [9.17, 15) is 4.79 Å². The minimum atomic E-state index is -0.174. The van der Waals surface area contributed by atoms with Crippen molar-refractivity contribution in [2.45, 2.75) is 32.1 Å². The maximum atomic E-state index is 13.5. The fraction of sp³-hybridized carbons (Fsp3) is 0.650. The molecule has 1 aromatic carbocycles. The zero-order valence-electron chi connectivity index (χ0n) is 14.6. The van der Waals surface area contributed by atoms with Crippen LogP contribution < -0.4 is 10.1 Å². The predicted octanol–water partition coefficient (Wildman–Crippen LogP) is 2.48. The third kappa shape index (κ3) is 2.71. The molecule has 3 fully saturated rings. The molecule has 130 valence electrons. The van der Waals surface area contributed by atoms with Gasteiger partial charge in [0.05, 0.1) is 12.5 Å². The summed E-state index contributed by atoms with van der Waals surface area (Å²) in [6.45, 7) is 3.57. The van der Waals surface area contributed by atoms with Crippen molar-refractivity contribution in [2.75, 3.05) is 33.3 Å². The molecule has 4 rings (SSSR count). The molecular weight excluding hydrogens is 300 g/mol. The van der Waals surface area contributed by atoms with Crippen LogP contribution in [0.25, 0.3) is 0 Å². The number of piperazine rings is 1. The van der Waals surface area contributed by atoms with Crippen molar-refractivity contribution < 1.29 is 9.53 Å². The number of hydrogen-bond acceptors (Lipinski definition) is 3. The van der Waals surface area contributed by atoms with E-state index in [0.29, 0.717) is 11.8 Å². The summed E-state index contributed by atoms with van der Waals surface area (Å²) >= 11 is 0. The second-order valence-electron chi connectivity index (χ2n) is 7.81. The zero-order valence-corrected chi connectivity index (χ0v) is 14.6. The van der Waals surface area contributed by atoms with Gasteiger partial charge in [0.1, 0.15) is 5.75 Å². The van der Waals surface area contributed by atoms with Gasteiger partial charge in [-0.15, -0.1) is 0 Å². The van der Waals surface area contributed by atoms with Crippen LogP contribution >= 0.6 is 0 Å². The van der Waals surface area contributed by atoms with Gasteiger partial charge in [-0.2, -0.15) is 0 Å². The Kier molecular flexibility index (Phi) is 4.25. The van der Waals surface area contributed by atoms with Gasteiger partial charge in [0.2, 0.25) is 5.91 Å². The van der Waals surface area contributed by atoms with Crippen LogP contribution in [0.1, 0.15) is 31.2 Å². The van der Waals surface area contributed by atoms with Crippen LogP contribution in [0.15, 0.2) is 24.3 Å². The minimum absolute atomic E-state index is 0.174. The van der Waals surface area contributed by atoms with Crippen molar-refractivity contribution in [1.82, 2.24) is 10.2 Å². The monoisotopic (exact) mass is 328 g/mol. The third-order valence-corrected chi connectivity index (χ3v) is 6.46. The number of benzene rings is 1. The molecule has 2 bridgehead atoms. The normalized spacial score (nSPS) is 32.1. The first-order valence-corrected chi connectivity index (χ1v) is 9.34. The van der Waals surface area contributed by atoms with Crippen LogP contribution in [0.3, 0.4) is 0 Å². The Balaban J connectivity index is 1.62. The maximum absolute atomic E-state index is 13.5. The smallest absolute Gasteiger partial charge is 0.229 e. The van der Waals surface area contributed by atoms with Gasteiger partial charge >= 0.3 is 0 Å². The average Bonchev–Trinajstić information content (AvgIpc) is 3.23. The van der Waals surface area contributed by atoms with Crippen LogP contribution in [0.2, 0.25) is 0 Å². The van der Waals surface area contributed by atoms with Crippen LogP contribution in [0, 0.1) is 17.3 Å². The van der Waals surface area contributed by atoms with E-state index in [-0.39, 0.29) is 5.41 Å². The molecule has 2 aliphatic carbocycles. The van der Waals surface area contributed by atoms with E-state index in [1.165, 1.54) is 24.8 Å². The van der Waals surface area contributed by atoms with E-state index in [1.54, 1.807) is 7.11 Å². The Labute approximate surface area is 144 Å². The number of fused-ring (bicyclic) bond motifs is 2. The summed E-state index contributed by atoms with van der Waals surface area (Å²) < 4.78 is 5.39. The van der Waals surface area contributed by atoms with Crippen molar-refractivity contribution >= 4 is 5.91 Å². The summed E-state index contributed by atoms with van der Waals surface area (Å²) in [7, 11) is 1.71. The molecule has 3 atom stereocenters. The number of amides is 1. The lowest BCUT2D eigenvalue weighted by atomic mass is 9.68. The van der Waals surface area contributed by atoms with Crippen molar-refractivity contribution in [3.05, 3.63) is 29.8 Å². The van der Waals surface area contributed by atoms with E-state index in [2.05, 4.69) is 22.3 Å². The predicted molar refractivity (Wildman–Crippen MR) is 94.0 cm³/mol. The quantitative estimate of drug-likeness (QED) is 0.923. The summed E-state index contributed by atoms with van der Waals surface area (Å²) in [5.41, 5.74) is 1.07. The molecule has 1 amide bonds. The summed E-state index contributed by atoms with van der Waals surface area (Å²) in [5, 5.41) is 3.36. The van der Waals surface area contributed by atoms with Crippen molar-refractivity contribution in [3.8, 4) is 5.75 Å². The van der Waals surface area contributed by atoms with Gasteiger partial charge < -0.3 is 15.0 Å². The van der Waals surface area contributed by atoms with Crippen molar-refractivity contribution in [2.24, 2.45) is 17.3 Å². The molecule has 1 aromatic rings. The Morgan fingerprint density at radius 2 is 2.17 bits per heavy atom. The van der Waals surface area contributed by atoms with Crippen molar-refractivity contribution in [1.29, 1.82) is 0 Å². The summed E-state index contributed by atoms with van der Waals surface area (Å²) in [4.78, 5) is 15.7. The maximum Gasteiger partial charge on any atom is 0.229 e. The number of rotatable bonds is 4. The van der Waals surface area contributed by atoms with Crippen LogP contribution in [-0.4, -0.2) is 44.1 Å². The standard InChI is InChI=1S/C20H28N2O2/c1-24-18-4-2-3-15(12-18)13-20(14-16-5-6-17(20)11-16)19(23)22-9-7-21-8-10-22/h2-4,12,16-17,21H,5-11,13-14H2,1H3. The molecule has 0 radical (unpaired) electrons. The molecule has 1 heterocycles. The van der Waals surface area contributed by atoms with Gasteiger partial charge in [-0.25, -0.2) is 0 Å². The van der Waals surface area contributed by atoms with E-state index in [0.717, 1.165) is 50.7 Å². The highest BCUT2D eigenvalue weighted by molar-refractivity contribution is 5.84. The molecule has 24 heavy (non-hydrogen) atoms. The lowest BCUT2D eigenvalue weighted by Crippen LogP contribution is -2.54. The topological polar surface area (TPSA) is 41.6 Å². The highest BCUT2D eigenvalue weighted by Crippen LogP contribution is 2.58. The Bertz CT molecular complexity index is 611. The zero-order chi connectivity index (χ0) is 16.6. The Morgan fingerprint density at radius 1 is 1.33 bits per heavy atom. The average molecular weight is 328 g/mol. The number of nitrogens with one attached hydrogen (secondary N) is 1. The first-order chi connectivity index (χ1) is 11.7. The van der Waals surface area contributed by atoms with Crippen LogP contribution in [0.4, 0.5) is 0 Å². The lowest BCUT2D eigenvalue weighted by molar-refractivity contribution is -0.146. The Hall–Kier alpha value is -1.55. The van der Waals surface area contributed by atoms with E-state index < -0.39 is 0 Å². The first-order valence-electron chi connectivity index (χ1n) is 9.34. The number of nitrogens with zero attached hydrogens (tertiary/aromatic N) is 1. The second kappa shape index (κ2) is 6.40. The molecule has 1 N–H and O–H groups in total. The lowest BCUT2D eigenvalue weighted by Gasteiger charge is -2.42. The molecule has 1 saturated heterocycles. The van der Waals surface area contributed by atoms with Crippen molar-refractivity contribution in [3.63, 3.8) is 0 Å². The number of methoxy groups -OCH3 is 1. The number of carbonyl (C=O) groups excluding carboxylic acids is 1. The summed E-state index contributed by atoms with van der Waals surface area (Å²) in [6, 6.07) is 8.29. The van der Waals surface area contributed by atoms with Gasteiger partial charge in [-0.1, -0.05) is 18.6 Å². The molecule has 0 aromatic heterocycles. The third-order valence-electron chi connectivity index (χ3n) is 6.46. The molecule has 2 saturated carbocycles. The molecular formula is C20H28N2O2. The van der Waals surface area contributed by atoms with E-state index in [1.807, 2.05) is 12.1 Å². The van der Waals surface area contributed by atoms with E-state index in [4.69, 9.17) is 4.74 Å². The SMILES string of the molecule is COc1cccc(CC2(C(=O)N3CCNCC3)CC3CCC2C3)c1. The fourth-order valence-electron chi connectivity index (χ4n) is 5.33. The highest BCUT2D eigenvalue weighted by atomic mass is 16.5. The van der Waals surface area contributed by atoms with Gasteiger partial charge in [0.15, 0.2) is 0 Å².